The summed E-state index contributed by atoms with van der Waals surface area (Å²) < 4.78 is 12.7. The van der Waals surface area contributed by atoms with E-state index in [1.54, 1.807) is 22.9 Å². The number of nitrogens with zero attached hydrogens (tertiary/aromatic N) is 4. The first-order valence-electron chi connectivity index (χ1n) is 8.78. The van der Waals surface area contributed by atoms with Gasteiger partial charge in [0.15, 0.2) is 11.5 Å². The molecule has 0 spiro atoms. The number of hydrogen-bond acceptors (Lipinski definition) is 7. The van der Waals surface area contributed by atoms with Crippen LogP contribution >= 0.6 is 11.8 Å². The molecule has 9 heteroatoms. The van der Waals surface area contributed by atoms with Crippen LogP contribution in [-0.4, -0.2) is 45.1 Å². The van der Waals surface area contributed by atoms with Crippen LogP contribution < -0.4 is 14.8 Å². The van der Waals surface area contributed by atoms with Crippen LogP contribution in [0.25, 0.3) is 5.69 Å². The lowest BCUT2D eigenvalue weighted by atomic mass is 10.1. The average molecular weight is 397 g/mol. The molecule has 0 bridgehead atoms. The minimum absolute atomic E-state index is 0.155. The van der Waals surface area contributed by atoms with E-state index in [1.165, 1.54) is 11.8 Å². The first kappa shape index (κ1) is 18.3. The van der Waals surface area contributed by atoms with Gasteiger partial charge < -0.3 is 14.8 Å². The number of carbonyl (C=O) groups is 1. The summed E-state index contributed by atoms with van der Waals surface area (Å²) in [5, 5.41) is 15.3. The van der Waals surface area contributed by atoms with Crippen molar-refractivity contribution in [2.24, 2.45) is 0 Å². The van der Waals surface area contributed by atoms with Crippen molar-refractivity contribution in [1.29, 1.82) is 0 Å². The van der Waals surface area contributed by atoms with E-state index in [-0.39, 0.29) is 11.7 Å². The van der Waals surface area contributed by atoms with Crippen molar-refractivity contribution in [2.75, 3.05) is 24.3 Å². The van der Waals surface area contributed by atoms with Gasteiger partial charge in [0.1, 0.15) is 13.2 Å². The third-order valence-electron chi connectivity index (χ3n) is 4.19. The molecular formula is C19H19N5O3S. The Morgan fingerprint density at radius 1 is 1.14 bits per heavy atom. The number of thioether (sulfide) groups is 1. The minimum Gasteiger partial charge on any atom is -0.486 e. The van der Waals surface area contributed by atoms with Gasteiger partial charge in [0.05, 0.1) is 11.4 Å². The Labute approximate surface area is 166 Å². The fourth-order valence-electron chi connectivity index (χ4n) is 2.82. The van der Waals surface area contributed by atoms with E-state index < -0.39 is 0 Å². The molecule has 1 aliphatic rings. The third kappa shape index (κ3) is 3.94. The number of anilines is 1. The van der Waals surface area contributed by atoms with Gasteiger partial charge in [-0.3, -0.25) is 4.79 Å². The Bertz CT molecular complexity index is 1020. The molecule has 0 saturated carbocycles. The predicted molar refractivity (Wildman–Crippen MR) is 105 cm³/mol. The van der Waals surface area contributed by atoms with E-state index in [9.17, 15) is 4.79 Å². The number of amides is 1. The molecule has 1 N–H and O–H groups in total. The fraction of sp³-hybridized carbons (Fsp3) is 0.263. The number of aryl methyl sites for hydroxylation is 2. The summed E-state index contributed by atoms with van der Waals surface area (Å²) in [7, 11) is 0. The molecule has 0 radical (unpaired) electrons. The van der Waals surface area contributed by atoms with Crippen LogP contribution in [0.4, 0.5) is 5.69 Å². The van der Waals surface area contributed by atoms with Crippen LogP contribution in [0.2, 0.25) is 0 Å². The second kappa shape index (κ2) is 7.89. The van der Waals surface area contributed by atoms with Crippen LogP contribution in [0, 0.1) is 13.8 Å². The van der Waals surface area contributed by atoms with E-state index in [0.717, 1.165) is 16.8 Å². The Balaban J connectivity index is 1.42. The highest BCUT2D eigenvalue weighted by Gasteiger charge is 2.15. The SMILES string of the molecule is Cc1ccc(C)c(-n2nnnc2SCC(=O)Nc2ccc3c(c2)OCCO3)c1. The molecule has 0 atom stereocenters. The van der Waals surface area contributed by atoms with Gasteiger partial charge in [-0.15, -0.1) is 5.10 Å². The second-order valence-corrected chi connectivity index (χ2v) is 7.30. The summed E-state index contributed by atoms with van der Waals surface area (Å²) in [6, 6.07) is 11.4. The van der Waals surface area contributed by atoms with E-state index >= 15 is 0 Å². The molecule has 3 aromatic rings. The number of benzene rings is 2. The molecule has 2 heterocycles. The van der Waals surface area contributed by atoms with Crippen molar-refractivity contribution in [2.45, 2.75) is 19.0 Å². The molecule has 1 amide bonds. The first-order valence-corrected chi connectivity index (χ1v) is 9.77. The van der Waals surface area contributed by atoms with Crippen molar-refractivity contribution < 1.29 is 14.3 Å². The summed E-state index contributed by atoms with van der Waals surface area (Å²) in [5.74, 6) is 1.35. The zero-order valence-corrected chi connectivity index (χ0v) is 16.3. The maximum Gasteiger partial charge on any atom is 0.234 e. The maximum atomic E-state index is 12.4. The Morgan fingerprint density at radius 3 is 2.82 bits per heavy atom. The largest absolute Gasteiger partial charge is 0.486 e. The Kier molecular flexibility index (Phi) is 5.16. The topological polar surface area (TPSA) is 91.2 Å². The molecule has 8 nitrogen and oxygen atoms in total. The lowest BCUT2D eigenvalue weighted by molar-refractivity contribution is -0.113. The van der Waals surface area contributed by atoms with Crippen molar-refractivity contribution in [3.8, 4) is 17.2 Å². The number of ether oxygens (including phenoxy) is 2. The average Bonchev–Trinajstić information content (AvgIpc) is 3.16. The maximum absolute atomic E-state index is 12.4. The van der Waals surface area contributed by atoms with Crippen molar-refractivity contribution in [3.63, 3.8) is 0 Å². The number of tetrazole rings is 1. The quantitative estimate of drug-likeness (QED) is 0.662. The van der Waals surface area contributed by atoms with Gasteiger partial charge in [0.2, 0.25) is 11.1 Å². The number of nitrogens with one attached hydrogen (secondary N) is 1. The molecule has 1 aromatic heterocycles. The van der Waals surface area contributed by atoms with Crippen LogP contribution in [0.15, 0.2) is 41.6 Å². The van der Waals surface area contributed by atoms with Crippen LogP contribution in [0.3, 0.4) is 0 Å². The van der Waals surface area contributed by atoms with Crippen LogP contribution in [0.1, 0.15) is 11.1 Å². The van der Waals surface area contributed by atoms with Crippen LogP contribution in [0.5, 0.6) is 11.5 Å². The highest BCUT2D eigenvalue weighted by Crippen LogP contribution is 2.32. The van der Waals surface area contributed by atoms with Gasteiger partial charge in [-0.2, -0.15) is 4.68 Å². The smallest absolute Gasteiger partial charge is 0.234 e. The minimum atomic E-state index is -0.155. The van der Waals surface area contributed by atoms with Gasteiger partial charge >= 0.3 is 0 Å². The van der Waals surface area contributed by atoms with Gasteiger partial charge in [-0.25, -0.2) is 0 Å². The molecular weight excluding hydrogens is 378 g/mol. The highest BCUT2D eigenvalue weighted by molar-refractivity contribution is 7.99. The molecule has 0 aliphatic carbocycles. The lowest BCUT2D eigenvalue weighted by Crippen LogP contribution is -2.17. The number of carbonyl (C=O) groups excluding carboxylic acids is 1. The number of aromatic nitrogens is 4. The standard InChI is InChI=1S/C19H19N5O3S/c1-12-3-4-13(2)15(9-12)24-19(21-22-23-24)28-11-18(25)20-14-5-6-16-17(10-14)27-8-7-26-16/h3-6,9-10H,7-8,11H2,1-2H3,(H,20,25). The van der Waals surface area contributed by atoms with Gasteiger partial charge in [-0.1, -0.05) is 23.9 Å². The van der Waals surface area contributed by atoms with Gasteiger partial charge in [-0.05, 0) is 53.6 Å². The normalized spacial score (nSPS) is 12.6. The summed E-state index contributed by atoms with van der Waals surface area (Å²) in [4.78, 5) is 12.4. The van der Waals surface area contributed by atoms with E-state index in [2.05, 4.69) is 20.8 Å². The van der Waals surface area contributed by atoms with Gasteiger partial charge in [0.25, 0.3) is 0 Å². The number of fused-ring (bicyclic) bond motifs is 1. The van der Waals surface area contributed by atoms with Crippen molar-refractivity contribution in [1.82, 2.24) is 20.2 Å². The van der Waals surface area contributed by atoms with Crippen molar-refractivity contribution >= 4 is 23.4 Å². The highest BCUT2D eigenvalue weighted by atomic mass is 32.2. The summed E-state index contributed by atoms with van der Waals surface area (Å²) in [6.07, 6.45) is 0. The lowest BCUT2D eigenvalue weighted by Gasteiger charge is -2.19. The molecule has 1 aliphatic heterocycles. The molecule has 144 valence electrons. The molecule has 0 saturated heterocycles. The summed E-state index contributed by atoms with van der Waals surface area (Å²) in [6.45, 7) is 5.05. The Morgan fingerprint density at radius 2 is 1.96 bits per heavy atom. The molecule has 28 heavy (non-hydrogen) atoms. The Hall–Kier alpha value is -3.07. The van der Waals surface area contributed by atoms with Gasteiger partial charge in [0, 0.05) is 11.8 Å². The predicted octanol–water partition coefficient (Wildman–Crippen LogP) is 2.78. The molecule has 4 rings (SSSR count). The number of hydrogen-bond donors (Lipinski definition) is 1. The monoisotopic (exact) mass is 397 g/mol. The number of rotatable bonds is 5. The van der Waals surface area contributed by atoms with Crippen LogP contribution in [-0.2, 0) is 4.79 Å². The zero-order valence-electron chi connectivity index (χ0n) is 15.5. The molecule has 2 aromatic carbocycles. The third-order valence-corrected chi connectivity index (χ3v) is 5.11. The fourth-order valence-corrected chi connectivity index (χ4v) is 3.50. The van der Waals surface area contributed by atoms with E-state index in [4.69, 9.17) is 9.47 Å². The molecule has 0 fully saturated rings. The first-order chi connectivity index (χ1) is 13.6. The van der Waals surface area contributed by atoms with E-state index in [1.807, 2.05) is 32.0 Å². The summed E-state index contributed by atoms with van der Waals surface area (Å²) in [5.41, 5.74) is 3.73. The second-order valence-electron chi connectivity index (χ2n) is 6.36. The molecule has 0 unspecified atom stereocenters. The zero-order chi connectivity index (χ0) is 19.5. The van der Waals surface area contributed by atoms with E-state index in [0.29, 0.717) is 35.6 Å². The van der Waals surface area contributed by atoms with Crippen molar-refractivity contribution in [3.05, 3.63) is 47.5 Å². The summed E-state index contributed by atoms with van der Waals surface area (Å²) >= 11 is 1.28.